The number of nitrogens with zero attached hydrogens (tertiary/aromatic N) is 2. The van der Waals surface area contributed by atoms with Crippen molar-refractivity contribution in [2.75, 3.05) is 26.6 Å². The lowest BCUT2D eigenvalue weighted by molar-refractivity contribution is 0.356. The third kappa shape index (κ3) is 4.85. The fourth-order valence-corrected chi connectivity index (χ4v) is 3.16. The molecule has 30 heavy (non-hydrogen) atoms. The Bertz CT molecular complexity index is 1080. The van der Waals surface area contributed by atoms with Crippen molar-refractivity contribution in [2.24, 2.45) is 5.73 Å². The Kier molecular flexibility index (Phi) is 7.19. The first kappa shape index (κ1) is 21.1. The van der Waals surface area contributed by atoms with Crippen LogP contribution in [-0.2, 0) is 6.42 Å². The number of methoxy groups -OCH3 is 2. The first-order valence-corrected chi connectivity index (χ1v) is 9.61. The van der Waals surface area contributed by atoms with Gasteiger partial charge in [-0.3, -0.25) is 0 Å². The lowest BCUT2D eigenvalue weighted by atomic mass is 10.0. The Morgan fingerprint density at radius 2 is 1.43 bits per heavy atom. The third-order valence-electron chi connectivity index (χ3n) is 4.61. The fourth-order valence-electron chi connectivity index (χ4n) is 3.16. The van der Waals surface area contributed by atoms with Gasteiger partial charge in [-0.15, -0.1) is 0 Å². The lowest BCUT2D eigenvalue weighted by Crippen LogP contribution is -1.98. The molecule has 0 spiro atoms. The summed E-state index contributed by atoms with van der Waals surface area (Å²) in [6.07, 6.45) is 2.45. The number of benzene rings is 3. The van der Waals surface area contributed by atoms with E-state index in [1.54, 1.807) is 20.5 Å². The normalized spacial score (nSPS) is 10.1. The standard InChI is InChI=1S/C23H21N3O2.CH5N/c1-27-21-13-19-20(14-22(21)28-2)24-15-25-23(19)26-18-10-8-17(9-11-18)12-16-6-4-3-5-7-16;1-2/h3-11,13-15H,12H2,1-2H3,(H,24,25,26);2H2,1H3. The van der Waals surface area contributed by atoms with Crippen molar-refractivity contribution >= 4 is 22.4 Å². The molecule has 4 aromatic rings. The van der Waals surface area contributed by atoms with Crippen LogP contribution in [0.5, 0.6) is 11.5 Å². The van der Waals surface area contributed by atoms with E-state index < -0.39 is 0 Å². The summed E-state index contributed by atoms with van der Waals surface area (Å²) in [6.45, 7) is 0. The Labute approximate surface area is 176 Å². The zero-order valence-electron chi connectivity index (χ0n) is 17.4. The Morgan fingerprint density at radius 1 is 0.800 bits per heavy atom. The van der Waals surface area contributed by atoms with Gasteiger partial charge in [-0.05, 0) is 42.8 Å². The summed E-state index contributed by atoms with van der Waals surface area (Å²) >= 11 is 0. The van der Waals surface area contributed by atoms with E-state index in [-0.39, 0.29) is 0 Å². The van der Waals surface area contributed by atoms with E-state index in [1.807, 2.05) is 18.2 Å². The monoisotopic (exact) mass is 402 g/mol. The first-order chi connectivity index (χ1) is 14.8. The fraction of sp³-hybridized carbons (Fsp3) is 0.167. The smallest absolute Gasteiger partial charge is 0.162 e. The van der Waals surface area contributed by atoms with Gasteiger partial charge in [0.2, 0.25) is 0 Å². The highest BCUT2D eigenvalue weighted by Crippen LogP contribution is 2.34. The molecule has 3 aromatic carbocycles. The van der Waals surface area contributed by atoms with Crippen LogP contribution in [0.25, 0.3) is 10.9 Å². The van der Waals surface area contributed by atoms with Crippen LogP contribution in [0.3, 0.4) is 0 Å². The minimum absolute atomic E-state index is 0.643. The summed E-state index contributed by atoms with van der Waals surface area (Å²) in [4.78, 5) is 8.75. The molecule has 0 atom stereocenters. The summed E-state index contributed by atoms with van der Waals surface area (Å²) in [5, 5.41) is 4.25. The number of anilines is 2. The molecule has 0 aliphatic rings. The Hall–Kier alpha value is -3.64. The van der Waals surface area contributed by atoms with Crippen molar-refractivity contribution in [3.05, 3.63) is 84.2 Å². The van der Waals surface area contributed by atoms with Gasteiger partial charge in [-0.25, -0.2) is 9.97 Å². The molecular weight excluding hydrogens is 376 g/mol. The van der Waals surface area contributed by atoms with Crippen molar-refractivity contribution in [1.29, 1.82) is 0 Å². The molecule has 0 radical (unpaired) electrons. The second kappa shape index (κ2) is 10.2. The van der Waals surface area contributed by atoms with Gasteiger partial charge in [0.1, 0.15) is 12.1 Å². The first-order valence-electron chi connectivity index (χ1n) is 9.61. The summed E-state index contributed by atoms with van der Waals surface area (Å²) < 4.78 is 10.8. The molecule has 0 saturated carbocycles. The van der Waals surface area contributed by atoms with Gasteiger partial charge in [0.15, 0.2) is 11.5 Å². The number of hydrogen-bond acceptors (Lipinski definition) is 6. The summed E-state index contributed by atoms with van der Waals surface area (Å²) in [5.41, 5.74) is 8.81. The topological polar surface area (TPSA) is 82.3 Å². The summed E-state index contributed by atoms with van der Waals surface area (Å²) in [7, 11) is 4.73. The molecule has 6 heteroatoms. The molecule has 1 aromatic heterocycles. The average Bonchev–Trinajstić information content (AvgIpc) is 2.81. The van der Waals surface area contributed by atoms with Crippen LogP contribution in [0.15, 0.2) is 73.1 Å². The molecule has 154 valence electrons. The molecule has 3 N–H and O–H groups in total. The molecule has 6 nitrogen and oxygen atoms in total. The molecule has 0 unspecified atom stereocenters. The van der Waals surface area contributed by atoms with Gasteiger partial charge in [0, 0.05) is 17.1 Å². The van der Waals surface area contributed by atoms with E-state index in [0.29, 0.717) is 11.5 Å². The highest BCUT2D eigenvalue weighted by molar-refractivity contribution is 5.93. The number of rotatable bonds is 6. The molecule has 0 saturated heterocycles. The molecule has 4 rings (SSSR count). The van der Waals surface area contributed by atoms with E-state index in [4.69, 9.17) is 9.47 Å². The molecular formula is C24H26N4O2. The van der Waals surface area contributed by atoms with Gasteiger partial charge in [-0.2, -0.15) is 0 Å². The number of fused-ring (bicyclic) bond motifs is 1. The van der Waals surface area contributed by atoms with Crippen molar-refractivity contribution in [3.63, 3.8) is 0 Å². The summed E-state index contributed by atoms with van der Waals surface area (Å²) in [6, 6.07) is 22.6. The predicted octanol–water partition coefficient (Wildman–Crippen LogP) is 4.56. The highest BCUT2D eigenvalue weighted by atomic mass is 16.5. The van der Waals surface area contributed by atoms with Gasteiger partial charge in [-0.1, -0.05) is 42.5 Å². The number of hydrogen-bond donors (Lipinski definition) is 2. The molecule has 0 bridgehead atoms. The van der Waals surface area contributed by atoms with Crippen LogP contribution in [0, 0.1) is 0 Å². The zero-order chi connectivity index (χ0) is 21.3. The van der Waals surface area contributed by atoms with Crippen LogP contribution in [0.2, 0.25) is 0 Å². The maximum Gasteiger partial charge on any atom is 0.162 e. The van der Waals surface area contributed by atoms with E-state index in [9.17, 15) is 0 Å². The van der Waals surface area contributed by atoms with E-state index in [2.05, 4.69) is 69.5 Å². The quantitative estimate of drug-likeness (QED) is 0.492. The number of aromatic nitrogens is 2. The maximum atomic E-state index is 5.41. The van der Waals surface area contributed by atoms with Crippen molar-refractivity contribution in [1.82, 2.24) is 9.97 Å². The maximum absolute atomic E-state index is 5.41. The van der Waals surface area contributed by atoms with Crippen LogP contribution < -0.4 is 20.5 Å². The molecule has 0 aliphatic carbocycles. The van der Waals surface area contributed by atoms with Crippen molar-refractivity contribution < 1.29 is 9.47 Å². The number of ether oxygens (including phenoxy) is 2. The molecule has 0 aliphatic heterocycles. The van der Waals surface area contributed by atoms with Gasteiger partial charge in [0.25, 0.3) is 0 Å². The van der Waals surface area contributed by atoms with E-state index in [1.165, 1.54) is 18.2 Å². The van der Waals surface area contributed by atoms with Crippen LogP contribution >= 0.6 is 0 Å². The van der Waals surface area contributed by atoms with E-state index >= 15 is 0 Å². The molecule has 0 fully saturated rings. The minimum atomic E-state index is 0.643. The molecule has 0 amide bonds. The highest BCUT2D eigenvalue weighted by Gasteiger charge is 2.11. The van der Waals surface area contributed by atoms with Gasteiger partial charge in [0.05, 0.1) is 19.7 Å². The SMILES string of the molecule is CN.COc1cc2ncnc(Nc3ccc(Cc4ccccc4)cc3)c2cc1OC. The van der Waals surface area contributed by atoms with E-state index in [0.717, 1.165) is 28.8 Å². The van der Waals surface area contributed by atoms with Crippen LogP contribution in [0.1, 0.15) is 11.1 Å². The minimum Gasteiger partial charge on any atom is -0.493 e. The number of nitrogens with one attached hydrogen (secondary N) is 1. The van der Waals surface area contributed by atoms with Crippen molar-refractivity contribution in [3.8, 4) is 11.5 Å². The zero-order valence-corrected chi connectivity index (χ0v) is 17.4. The predicted molar refractivity (Wildman–Crippen MR) is 122 cm³/mol. The molecule has 1 heterocycles. The van der Waals surface area contributed by atoms with Gasteiger partial charge >= 0.3 is 0 Å². The van der Waals surface area contributed by atoms with Crippen molar-refractivity contribution in [2.45, 2.75) is 6.42 Å². The van der Waals surface area contributed by atoms with Crippen LogP contribution in [0.4, 0.5) is 11.5 Å². The second-order valence-corrected chi connectivity index (χ2v) is 6.43. The van der Waals surface area contributed by atoms with Gasteiger partial charge < -0.3 is 20.5 Å². The second-order valence-electron chi connectivity index (χ2n) is 6.43. The Balaban J connectivity index is 0.00000124. The third-order valence-corrected chi connectivity index (χ3v) is 4.61. The average molecular weight is 402 g/mol. The largest absolute Gasteiger partial charge is 0.493 e. The Morgan fingerprint density at radius 3 is 2.10 bits per heavy atom. The lowest BCUT2D eigenvalue weighted by Gasteiger charge is -2.12. The number of nitrogens with two attached hydrogens (primary N) is 1. The summed E-state index contributed by atoms with van der Waals surface area (Å²) in [5.74, 6) is 2.01. The van der Waals surface area contributed by atoms with Crippen LogP contribution in [-0.4, -0.2) is 31.2 Å².